The van der Waals surface area contributed by atoms with E-state index in [1.165, 1.54) is 6.08 Å². The van der Waals surface area contributed by atoms with Crippen molar-refractivity contribution < 1.29 is 13.6 Å². The van der Waals surface area contributed by atoms with Crippen LogP contribution in [0.2, 0.25) is 0 Å². The highest BCUT2D eigenvalue weighted by Gasteiger charge is 2.09. The molecule has 0 aliphatic rings. The van der Waals surface area contributed by atoms with E-state index in [9.17, 15) is 4.79 Å². The van der Waals surface area contributed by atoms with E-state index >= 15 is 0 Å². The summed E-state index contributed by atoms with van der Waals surface area (Å²) in [6, 6.07) is 16.8. The summed E-state index contributed by atoms with van der Waals surface area (Å²) in [6.45, 7) is 2.01. The number of furan rings is 1. The summed E-state index contributed by atoms with van der Waals surface area (Å²) in [6.07, 6.45) is 4.60. The molecule has 4 rings (SSSR count). The van der Waals surface area contributed by atoms with Gasteiger partial charge in [0.25, 0.3) is 0 Å². The van der Waals surface area contributed by atoms with Crippen LogP contribution in [0.15, 0.2) is 75.8 Å². The lowest BCUT2D eigenvalue weighted by Gasteiger charge is -2.03. The first kappa shape index (κ1) is 15.9. The van der Waals surface area contributed by atoms with Crippen LogP contribution in [0, 0.1) is 6.92 Å². The van der Waals surface area contributed by atoms with Crippen LogP contribution in [0.25, 0.3) is 28.6 Å². The van der Waals surface area contributed by atoms with E-state index in [1.807, 2.05) is 49.4 Å². The van der Waals surface area contributed by atoms with Crippen molar-refractivity contribution in [3.63, 3.8) is 0 Å². The molecule has 0 saturated carbocycles. The fraction of sp³-hybridized carbons (Fsp3) is 0.0476. The van der Waals surface area contributed by atoms with Crippen LogP contribution in [-0.4, -0.2) is 10.9 Å². The molecule has 1 N–H and O–H groups in total. The maximum Gasteiger partial charge on any atom is 0.248 e. The number of oxazole rings is 1. The molecule has 0 spiro atoms. The molecule has 5 nitrogen and oxygen atoms in total. The highest BCUT2D eigenvalue weighted by Crippen LogP contribution is 2.26. The summed E-state index contributed by atoms with van der Waals surface area (Å²) in [7, 11) is 0. The van der Waals surface area contributed by atoms with Gasteiger partial charge in [0.1, 0.15) is 11.3 Å². The summed E-state index contributed by atoms with van der Waals surface area (Å²) >= 11 is 0. The molecule has 128 valence electrons. The van der Waals surface area contributed by atoms with Crippen molar-refractivity contribution in [3.05, 3.63) is 78.3 Å². The Morgan fingerprint density at radius 1 is 1.12 bits per heavy atom. The zero-order valence-electron chi connectivity index (χ0n) is 14.1. The predicted octanol–water partition coefficient (Wildman–Crippen LogP) is 5.05. The van der Waals surface area contributed by atoms with Gasteiger partial charge in [0.2, 0.25) is 11.8 Å². The van der Waals surface area contributed by atoms with Gasteiger partial charge in [-0.1, -0.05) is 12.1 Å². The number of benzene rings is 2. The topological polar surface area (TPSA) is 68.3 Å². The Balaban J connectivity index is 1.54. The van der Waals surface area contributed by atoms with Crippen LogP contribution in [0.3, 0.4) is 0 Å². The van der Waals surface area contributed by atoms with Gasteiger partial charge in [-0.15, -0.1) is 0 Å². The molecule has 0 fully saturated rings. The Labute approximate surface area is 150 Å². The summed E-state index contributed by atoms with van der Waals surface area (Å²) in [5.74, 6) is 0.898. The average Bonchev–Trinajstić information content (AvgIpc) is 3.29. The first-order valence-corrected chi connectivity index (χ1v) is 8.17. The van der Waals surface area contributed by atoms with Crippen LogP contribution in [-0.2, 0) is 4.79 Å². The van der Waals surface area contributed by atoms with Crippen molar-refractivity contribution in [2.75, 3.05) is 5.32 Å². The summed E-state index contributed by atoms with van der Waals surface area (Å²) in [4.78, 5) is 16.6. The third-order valence-electron chi connectivity index (χ3n) is 3.86. The number of rotatable bonds is 4. The molecule has 0 aliphatic heterocycles. The molecule has 1 amide bonds. The molecule has 2 heterocycles. The second-order valence-electron chi connectivity index (χ2n) is 5.91. The van der Waals surface area contributed by atoms with Gasteiger partial charge in [-0.05, 0) is 61.0 Å². The summed E-state index contributed by atoms with van der Waals surface area (Å²) in [5, 5.41) is 2.82. The fourth-order valence-electron chi connectivity index (χ4n) is 2.61. The van der Waals surface area contributed by atoms with Gasteiger partial charge in [0.15, 0.2) is 5.58 Å². The number of aryl methyl sites for hydroxylation is 1. The van der Waals surface area contributed by atoms with Crippen molar-refractivity contribution in [3.8, 4) is 11.5 Å². The van der Waals surface area contributed by atoms with Gasteiger partial charge in [-0.2, -0.15) is 0 Å². The quantitative estimate of drug-likeness (QED) is 0.526. The van der Waals surface area contributed by atoms with E-state index in [0.717, 1.165) is 22.2 Å². The van der Waals surface area contributed by atoms with Gasteiger partial charge >= 0.3 is 0 Å². The van der Waals surface area contributed by atoms with Crippen LogP contribution >= 0.6 is 0 Å². The van der Waals surface area contributed by atoms with Gasteiger partial charge in [0.05, 0.1) is 6.26 Å². The van der Waals surface area contributed by atoms with E-state index in [-0.39, 0.29) is 5.91 Å². The van der Waals surface area contributed by atoms with Crippen LogP contribution in [0.5, 0.6) is 0 Å². The van der Waals surface area contributed by atoms with Crippen molar-refractivity contribution in [1.29, 1.82) is 0 Å². The second-order valence-corrected chi connectivity index (χ2v) is 5.91. The number of carbonyl (C=O) groups is 1. The maximum atomic E-state index is 12.1. The molecule has 0 saturated heterocycles. The second kappa shape index (κ2) is 6.72. The number of hydrogen-bond donors (Lipinski definition) is 1. The zero-order chi connectivity index (χ0) is 17.9. The number of hydrogen-bond acceptors (Lipinski definition) is 4. The van der Waals surface area contributed by atoms with Crippen molar-refractivity contribution >= 4 is 28.8 Å². The smallest absolute Gasteiger partial charge is 0.248 e. The minimum Gasteiger partial charge on any atom is -0.465 e. The molecule has 2 aromatic carbocycles. The number of anilines is 1. The number of nitrogens with one attached hydrogen (secondary N) is 1. The summed E-state index contributed by atoms with van der Waals surface area (Å²) < 4.78 is 11.0. The van der Waals surface area contributed by atoms with E-state index in [0.29, 0.717) is 17.3 Å². The van der Waals surface area contributed by atoms with E-state index in [4.69, 9.17) is 8.83 Å². The lowest BCUT2D eigenvalue weighted by molar-refractivity contribution is -0.111. The Morgan fingerprint density at radius 2 is 2.04 bits per heavy atom. The SMILES string of the molecule is Cc1ccc2nc(-c3cccc(NC(=O)/C=C/c4ccco4)c3)oc2c1. The molecule has 2 aromatic heterocycles. The highest BCUT2D eigenvalue weighted by atomic mass is 16.3. The Kier molecular flexibility index (Phi) is 4.11. The predicted molar refractivity (Wildman–Crippen MR) is 101 cm³/mol. The number of amides is 1. The Morgan fingerprint density at radius 3 is 2.88 bits per heavy atom. The fourth-order valence-corrected chi connectivity index (χ4v) is 2.61. The highest BCUT2D eigenvalue weighted by molar-refractivity contribution is 6.02. The van der Waals surface area contributed by atoms with Gasteiger partial charge in [0, 0.05) is 17.3 Å². The third-order valence-corrected chi connectivity index (χ3v) is 3.86. The first-order chi connectivity index (χ1) is 12.7. The summed E-state index contributed by atoms with van der Waals surface area (Å²) in [5.41, 5.74) is 4.13. The number of carbonyl (C=O) groups excluding carboxylic acids is 1. The minimum atomic E-state index is -0.244. The van der Waals surface area contributed by atoms with Gasteiger partial charge in [-0.25, -0.2) is 4.98 Å². The maximum absolute atomic E-state index is 12.1. The van der Waals surface area contributed by atoms with E-state index in [2.05, 4.69) is 10.3 Å². The van der Waals surface area contributed by atoms with Crippen molar-refractivity contribution in [2.24, 2.45) is 0 Å². The molecular formula is C21H16N2O3. The molecule has 0 unspecified atom stereocenters. The van der Waals surface area contributed by atoms with Gasteiger partial charge in [-0.3, -0.25) is 4.79 Å². The van der Waals surface area contributed by atoms with E-state index < -0.39 is 0 Å². The molecule has 5 heteroatoms. The number of aromatic nitrogens is 1. The first-order valence-electron chi connectivity index (χ1n) is 8.17. The Bertz CT molecular complexity index is 1090. The molecule has 0 atom stereocenters. The lowest BCUT2D eigenvalue weighted by Crippen LogP contribution is -2.07. The normalized spacial score (nSPS) is 11.3. The molecule has 0 bridgehead atoms. The van der Waals surface area contributed by atoms with Crippen LogP contribution in [0.1, 0.15) is 11.3 Å². The molecule has 0 aliphatic carbocycles. The number of nitrogens with zero attached hydrogens (tertiary/aromatic N) is 1. The largest absolute Gasteiger partial charge is 0.465 e. The number of fused-ring (bicyclic) bond motifs is 1. The molecule has 26 heavy (non-hydrogen) atoms. The zero-order valence-corrected chi connectivity index (χ0v) is 14.1. The standard InChI is InChI=1S/C21H16N2O3/c1-14-7-9-18-19(12-14)26-21(23-18)15-4-2-5-16(13-15)22-20(24)10-8-17-6-3-11-25-17/h2-13H,1H3,(H,22,24)/b10-8+. The Hall–Kier alpha value is -3.60. The lowest BCUT2D eigenvalue weighted by atomic mass is 10.2. The van der Waals surface area contributed by atoms with Crippen LogP contribution in [0.4, 0.5) is 5.69 Å². The molecule has 0 radical (unpaired) electrons. The average molecular weight is 344 g/mol. The third kappa shape index (κ3) is 3.42. The molecular weight excluding hydrogens is 328 g/mol. The van der Waals surface area contributed by atoms with Crippen LogP contribution < -0.4 is 5.32 Å². The van der Waals surface area contributed by atoms with E-state index in [1.54, 1.807) is 24.5 Å². The van der Waals surface area contributed by atoms with Crippen molar-refractivity contribution in [2.45, 2.75) is 6.92 Å². The van der Waals surface area contributed by atoms with Crippen molar-refractivity contribution in [1.82, 2.24) is 4.98 Å². The van der Waals surface area contributed by atoms with Gasteiger partial charge < -0.3 is 14.2 Å². The minimum absolute atomic E-state index is 0.244. The molecule has 4 aromatic rings. The monoisotopic (exact) mass is 344 g/mol.